The van der Waals surface area contributed by atoms with Crippen molar-refractivity contribution in [2.45, 2.75) is 45.8 Å². The summed E-state index contributed by atoms with van der Waals surface area (Å²) in [6, 6.07) is 12.9. The van der Waals surface area contributed by atoms with E-state index >= 15 is 0 Å². The summed E-state index contributed by atoms with van der Waals surface area (Å²) >= 11 is 2.23. The molecule has 0 saturated carbocycles. The molecule has 3 rings (SSSR count). The number of ether oxygens (including phenoxy) is 1. The Morgan fingerprint density at radius 2 is 1.90 bits per heavy atom. The zero-order valence-electron chi connectivity index (χ0n) is 17.5. The fraction of sp³-hybridized carbons (Fsp3) is 0.304. The third kappa shape index (κ3) is 5.75. The van der Waals surface area contributed by atoms with Crippen LogP contribution >= 0.6 is 22.6 Å². The van der Waals surface area contributed by atoms with Gasteiger partial charge in [0.25, 0.3) is 0 Å². The molecule has 0 saturated heterocycles. The van der Waals surface area contributed by atoms with Crippen LogP contribution in [0.4, 0.5) is 10.5 Å². The molecule has 2 amide bonds. The fourth-order valence-electron chi connectivity index (χ4n) is 3.17. The summed E-state index contributed by atoms with van der Waals surface area (Å²) in [6.07, 6.45) is 1.58. The lowest BCUT2D eigenvalue weighted by atomic mass is 10.0. The zero-order valence-corrected chi connectivity index (χ0v) is 19.7. The minimum absolute atomic E-state index is 0.296. The quantitative estimate of drug-likeness (QED) is 0.408. The number of aromatic nitrogens is 1. The lowest BCUT2D eigenvalue weighted by molar-refractivity contribution is -0.118. The van der Waals surface area contributed by atoms with Gasteiger partial charge in [-0.1, -0.05) is 18.2 Å². The number of hydrogen-bond acceptors (Lipinski definition) is 3. The first-order valence-corrected chi connectivity index (χ1v) is 10.8. The van der Waals surface area contributed by atoms with Crippen LogP contribution in [0.15, 0.2) is 48.7 Å². The van der Waals surface area contributed by atoms with Crippen LogP contribution < -0.4 is 10.6 Å². The topological polar surface area (TPSA) is 83.2 Å². The molecule has 0 aliphatic carbocycles. The second kappa shape index (κ2) is 9.07. The minimum Gasteiger partial charge on any atom is -0.444 e. The molecular formula is C23H26IN3O3. The Labute approximate surface area is 189 Å². The maximum Gasteiger partial charge on any atom is 0.408 e. The van der Waals surface area contributed by atoms with Crippen molar-refractivity contribution < 1.29 is 14.3 Å². The highest BCUT2D eigenvalue weighted by Crippen LogP contribution is 2.21. The molecule has 0 bridgehead atoms. The van der Waals surface area contributed by atoms with Crippen molar-refractivity contribution in [3.8, 4) is 0 Å². The number of alkyl carbamates (subject to hydrolysis) is 1. The highest BCUT2D eigenvalue weighted by molar-refractivity contribution is 14.1. The molecule has 3 N–H and O–H groups in total. The van der Waals surface area contributed by atoms with E-state index < -0.39 is 17.7 Å². The average molecular weight is 519 g/mol. The van der Waals surface area contributed by atoms with Gasteiger partial charge in [0, 0.05) is 32.8 Å². The van der Waals surface area contributed by atoms with Gasteiger partial charge >= 0.3 is 6.09 Å². The first kappa shape index (κ1) is 22.1. The van der Waals surface area contributed by atoms with Gasteiger partial charge in [0.05, 0.1) is 0 Å². The summed E-state index contributed by atoms with van der Waals surface area (Å²) in [7, 11) is 0. The molecule has 158 valence electrons. The van der Waals surface area contributed by atoms with Gasteiger partial charge in [-0.15, -0.1) is 0 Å². The van der Waals surface area contributed by atoms with Crippen LogP contribution in [0.5, 0.6) is 0 Å². The molecule has 2 aromatic carbocycles. The van der Waals surface area contributed by atoms with Crippen molar-refractivity contribution >= 4 is 51.2 Å². The molecule has 1 atom stereocenters. The number of rotatable bonds is 5. The number of aromatic amines is 1. The highest BCUT2D eigenvalue weighted by Gasteiger charge is 2.26. The van der Waals surface area contributed by atoms with Gasteiger partial charge in [0.15, 0.2) is 0 Å². The second-order valence-electron chi connectivity index (χ2n) is 8.21. The Hall–Kier alpha value is -2.55. The van der Waals surface area contributed by atoms with Crippen molar-refractivity contribution in [1.29, 1.82) is 0 Å². The number of amides is 2. The maximum absolute atomic E-state index is 13.1. The lowest BCUT2D eigenvalue weighted by Crippen LogP contribution is -2.47. The SMILES string of the molecule is Cc1cc(I)ccc1NC(=O)[C@H](Cc1c[nH]c2ccccc12)NC(=O)OC(C)(C)C. The van der Waals surface area contributed by atoms with Gasteiger partial charge in [-0.3, -0.25) is 4.79 Å². The number of halogens is 1. The van der Waals surface area contributed by atoms with Crippen molar-refractivity contribution in [1.82, 2.24) is 10.3 Å². The van der Waals surface area contributed by atoms with Crippen molar-refractivity contribution in [2.75, 3.05) is 5.32 Å². The van der Waals surface area contributed by atoms with Crippen LogP contribution in [-0.4, -0.2) is 28.6 Å². The van der Waals surface area contributed by atoms with Gasteiger partial charge in [0.1, 0.15) is 11.6 Å². The Morgan fingerprint density at radius 1 is 1.17 bits per heavy atom. The number of H-pyrrole nitrogens is 1. The Kier molecular flexibility index (Phi) is 6.70. The minimum atomic E-state index is -0.794. The van der Waals surface area contributed by atoms with E-state index in [0.29, 0.717) is 6.42 Å². The number of carbonyl (C=O) groups is 2. The number of para-hydroxylation sites is 1. The highest BCUT2D eigenvalue weighted by atomic mass is 127. The molecular weight excluding hydrogens is 493 g/mol. The van der Waals surface area contributed by atoms with Crippen LogP contribution in [0, 0.1) is 10.5 Å². The molecule has 7 heteroatoms. The molecule has 3 aromatic rings. The average Bonchev–Trinajstić information content (AvgIpc) is 3.05. The van der Waals surface area contributed by atoms with E-state index in [1.54, 1.807) is 20.8 Å². The van der Waals surface area contributed by atoms with Gasteiger partial charge in [-0.2, -0.15) is 0 Å². The number of anilines is 1. The number of carbonyl (C=O) groups excluding carboxylic acids is 2. The van der Waals surface area contributed by atoms with Gasteiger partial charge in [0.2, 0.25) is 5.91 Å². The number of benzene rings is 2. The summed E-state index contributed by atoms with van der Waals surface area (Å²) in [5, 5.41) is 6.70. The summed E-state index contributed by atoms with van der Waals surface area (Å²) < 4.78 is 6.46. The van der Waals surface area contributed by atoms with Crippen LogP contribution in [0.25, 0.3) is 10.9 Å². The number of hydrogen-bond donors (Lipinski definition) is 3. The summed E-state index contributed by atoms with van der Waals surface area (Å²) in [4.78, 5) is 28.7. The van der Waals surface area contributed by atoms with Crippen LogP contribution in [0.1, 0.15) is 31.9 Å². The predicted octanol–water partition coefficient (Wildman–Crippen LogP) is 5.16. The third-order valence-corrected chi connectivity index (χ3v) is 5.22. The Morgan fingerprint density at radius 3 is 2.60 bits per heavy atom. The van der Waals surface area contributed by atoms with Gasteiger partial charge < -0.3 is 20.4 Å². The Bertz CT molecular complexity index is 1070. The first-order chi connectivity index (χ1) is 14.1. The van der Waals surface area contributed by atoms with E-state index in [1.807, 2.05) is 55.6 Å². The number of aryl methyl sites for hydroxylation is 1. The lowest BCUT2D eigenvalue weighted by Gasteiger charge is -2.23. The maximum atomic E-state index is 13.1. The van der Waals surface area contributed by atoms with Gasteiger partial charge in [-0.25, -0.2) is 4.79 Å². The molecule has 0 radical (unpaired) electrons. The Balaban J connectivity index is 1.84. The summed E-state index contributed by atoms with van der Waals surface area (Å²) in [5.74, 6) is -0.296. The summed E-state index contributed by atoms with van der Waals surface area (Å²) in [6.45, 7) is 7.30. The van der Waals surface area contributed by atoms with E-state index in [4.69, 9.17) is 4.74 Å². The van der Waals surface area contributed by atoms with E-state index in [2.05, 4.69) is 38.2 Å². The van der Waals surface area contributed by atoms with Crippen LogP contribution in [0.3, 0.4) is 0 Å². The largest absolute Gasteiger partial charge is 0.444 e. The predicted molar refractivity (Wildman–Crippen MR) is 128 cm³/mol. The number of nitrogens with one attached hydrogen (secondary N) is 3. The normalized spacial score (nSPS) is 12.4. The van der Waals surface area contributed by atoms with Crippen molar-refractivity contribution in [3.63, 3.8) is 0 Å². The molecule has 1 heterocycles. The summed E-state index contributed by atoms with van der Waals surface area (Å²) in [5.41, 5.74) is 2.95. The molecule has 0 fully saturated rings. The molecule has 0 spiro atoms. The third-order valence-electron chi connectivity index (χ3n) is 4.55. The van der Waals surface area contributed by atoms with Gasteiger partial charge in [-0.05, 0) is 85.7 Å². The molecule has 0 unspecified atom stereocenters. The smallest absolute Gasteiger partial charge is 0.408 e. The molecule has 30 heavy (non-hydrogen) atoms. The first-order valence-electron chi connectivity index (χ1n) is 9.74. The van der Waals surface area contributed by atoms with E-state index in [-0.39, 0.29) is 5.91 Å². The van der Waals surface area contributed by atoms with Crippen molar-refractivity contribution in [2.24, 2.45) is 0 Å². The van der Waals surface area contributed by atoms with Crippen LogP contribution in [0.2, 0.25) is 0 Å². The monoisotopic (exact) mass is 519 g/mol. The van der Waals surface area contributed by atoms with Crippen molar-refractivity contribution in [3.05, 3.63) is 63.4 Å². The molecule has 0 aliphatic rings. The number of fused-ring (bicyclic) bond motifs is 1. The standard InChI is InChI=1S/C23H26IN3O3/c1-14-11-16(24)9-10-18(14)26-21(28)20(27-22(29)30-23(2,3)4)12-15-13-25-19-8-6-5-7-17(15)19/h5-11,13,20,25H,12H2,1-4H3,(H,26,28)(H,27,29)/t20-/m0/s1. The fourth-order valence-corrected chi connectivity index (χ4v) is 3.81. The van der Waals surface area contributed by atoms with E-state index in [0.717, 1.165) is 31.3 Å². The second-order valence-corrected chi connectivity index (χ2v) is 9.46. The van der Waals surface area contributed by atoms with E-state index in [1.165, 1.54) is 0 Å². The molecule has 1 aromatic heterocycles. The van der Waals surface area contributed by atoms with Crippen LogP contribution in [-0.2, 0) is 16.0 Å². The van der Waals surface area contributed by atoms with E-state index in [9.17, 15) is 9.59 Å². The molecule has 0 aliphatic heterocycles. The molecule has 6 nitrogen and oxygen atoms in total. The zero-order chi connectivity index (χ0) is 21.9.